The van der Waals surface area contributed by atoms with Gasteiger partial charge in [0.1, 0.15) is 0 Å². The van der Waals surface area contributed by atoms with Gasteiger partial charge in [-0.2, -0.15) is 4.98 Å². The van der Waals surface area contributed by atoms with Crippen molar-refractivity contribution < 1.29 is 9.32 Å². The number of benzene rings is 1. The summed E-state index contributed by atoms with van der Waals surface area (Å²) < 4.78 is 6.74. The minimum atomic E-state index is 0.0832. The number of fused-ring (bicyclic) bond motifs is 1. The van der Waals surface area contributed by atoms with Gasteiger partial charge in [0, 0.05) is 44.2 Å². The smallest absolute Gasteiger partial charge is 0.226 e. The molecule has 1 amide bonds. The molecule has 22 heavy (non-hydrogen) atoms. The van der Waals surface area contributed by atoms with Crippen LogP contribution in [-0.4, -0.2) is 39.1 Å². The van der Waals surface area contributed by atoms with Gasteiger partial charge in [0.05, 0.1) is 6.42 Å². The van der Waals surface area contributed by atoms with Crippen LogP contribution in [0.2, 0.25) is 0 Å². The molecule has 3 rings (SSSR count). The molecule has 0 radical (unpaired) electrons. The maximum atomic E-state index is 12.4. The summed E-state index contributed by atoms with van der Waals surface area (Å²) >= 11 is 0. The Kier molecular flexibility index (Phi) is 3.91. The van der Waals surface area contributed by atoms with E-state index in [1.807, 2.05) is 25.4 Å². The van der Waals surface area contributed by atoms with Crippen LogP contribution in [0.25, 0.3) is 10.9 Å². The van der Waals surface area contributed by atoms with Gasteiger partial charge in [-0.25, -0.2) is 0 Å². The Balaban J connectivity index is 1.67. The quantitative estimate of drug-likeness (QED) is 0.720. The van der Waals surface area contributed by atoms with Crippen molar-refractivity contribution in [3.8, 4) is 0 Å². The molecule has 0 spiro atoms. The predicted molar refractivity (Wildman–Crippen MR) is 82.3 cm³/mol. The van der Waals surface area contributed by atoms with Gasteiger partial charge in [0.2, 0.25) is 12.3 Å². The van der Waals surface area contributed by atoms with Crippen molar-refractivity contribution in [3.63, 3.8) is 0 Å². The average Bonchev–Trinajstić information content (AvgIpc) is 3.14. The zero-order valence-corrected chi connectivity index (χ0v) is 12.7. The number of nitrogens with zero attached hydrogens (tertiary/aromatic N) is 4. The number of carbonyl (C=O) groups is 1. The number of likely N-dealkylation sites (N-methyl/N-ethyl adjacent to an activating group) is 1. The van der Waals surface area contributed by atoms with Gasteiger partial charge in [0.25, 0.3) is 0 Å². The fourth-order valence-corrected chi connectivity index (χ4v) is 2.56. The first-order chi connectivity index (χ1) is 10.6. The summed E-state index contributed by atoms with van der Waals surface area (Å²) in [5.74, 6) is 0.699. The summed E-state index contributed by atoms with van der Waals surface area (Å²) in [5, 5.41) is 4.88. The minimum Gasteiger partial charge on any atom is -0.350 e. The third-order valence-electron chi connectivity index (χ3n) is 3.82. The number of rotatable bonds is 5. The van der Waals surface area contributed by atoms with Crippen LogP contribution in [-0.2, 0) is 24.7 Å². The Morgan fingerprint density at radius 3 is 2.95 bits per heavy atom. The lowest BCUT2D eigenvalue weighted by Crippen LogP contribution is -2.30. The number of hydrogen-bond donors (Lipinski definition) is 0. The van der Waals surface area contributed by atoms with E-state index in [0.29, 0.717) is 25.2 Å². The number of hydrogen-bond acceptors (Lipinski definition) is 4. The van der Waals surface area contributed by atoms with Crippen LogP contribution < -0.4 is 0 Å². The highest BCUT2D eigenvalue weighted by atomic mass is 16.5. The molecule has 0 saturated carbocycles. The molecule has 0 aliphatic heterocycles. The van der Waals surface area contributed by atoms with E-state index in [2.05, 4.69) is 31.4 Å². The van der Waals surface area contributed by atoms with E-state index in [-0.39, 0.29) is 5.91 Å². The fourth-order valence-electron chi connectivity index (χ4n) is 2.56. The molecule has 0 aliphatic carbocycles. The van der Waals surface area contributed by atoms with Crippen LogP contribution in [0.1, 0.15) is 11.4 Å². The summed E-state index contributed by atoms with van der Waals surface area (Å²) in [6, 6.07) is 8.11. The average molecular weight is 298 g/mol. The molecule has 0 N–H and O–H groups in total. The van der Waals surface area contributed by atoms with Crippen molar-refractivity contribution in [2.45, 2.75) is 12.8 Å². The van der Waals surface area contributed by atoms with Crippen molar-refractivity contribution in [2.75, 3.05) is 13.6 Å². The highest BCUT2D eigenvalue weighted by Crippen LogP contribution is 2.21. The molecule has 3 aromatic rings. The number of amides is 1. The maximum absolute atomic E-state index is 12.4. The van der Waals surface area contributed by atoms with Crippen molar-refractivity contribution in [1.29, 1.82) is 0 Å². The molecule has 0 atom stereocenters. The first-order valence-corrected chi connectivity index (χ1v) is 7.17. The normalized spacial score (nSPS) is 11.0. The molecule has 6 nitrogen and oxygen atoms in total. The molecule has 1 aromatic carbocycles. The summed E-state index contributed by atoms with van der Waals surface area (Å²) in [7, 11) is 3.80. The van der Waals surface area contributed by atoms with Gasteiger partial charge in [-0.05, 0) is 11.6 Å². The predicted octanol–water partition coefficient (Wildman–Crippen LogP) is 1.80. The van der Waals surface area contributed by atoms with Crippen LogP contribution in [0, 0.1) is 0 Å². The Hall–Kier alpha value is -2.63. The van der Waals surface area contributed by atoms with Gasteiger partial charge >= 0.3 is 0 Å². The van der Waals surface area contributed by atoms with E-state index in [0.717, 1.165) is 16.5 Å². The van der Waals surface area contributed by atoms with Gasteiger partial charge in [-0.15, -0.1) is 0 Å². The van der Waals surface area contributed by atoms with E-state index in [9.17, 15) is 4.79 Å². The minimum absolute atomic E-state index is 0.0832. The van der Waals surface area contributed by atoms with Crippen LogP contribution >= 0.6 is 0 Å². The van der Waals surface area contributed by atoms with Crippen molar-refractivity contribution in [1.82, 2.24) is 19.6 Å². The molecule has 0 aliphatic rings. The number of aryl methyl sites for hydroxylation is 1. The number of para-hydroxylation sites is 1. The lowest BCUT2D eigenvalue weighted by atomic mass is 10.1. The van der Waals surface area contributed by atoms with E-state index in [1.165, 1.54) is 6.39 Å². The van der Waals surface area contributed by atoms with Crippen molar-refractivity contribution in [2.24, 2.45) is 7.05 Å². The summed E-state index contributed by atoms with van der Waals surface area (Å²) in [6.45, 7) is 0.573. The lowest BCUT2D eigenvalue weighted by Gasteiger charge is -2.15. The molecule has 0 fully saturated rings. The molecular formula is C16H18N4O2. The molecule has 2 heterocycles. The first kappa shape index (κ1) is 14.3. The van der Waals surface area contributed by atoms with Crippen molar-refractivity contribution >= 4 is 16.8 Å². The molecule has 0 saturated heterocycles. The van der Waals surface area contributed by atoms with E-state index in [4.69, 9.17) is 0 Å². The van der Waals surface area contributed by atoms with E-state index < -0.39 is 0 Å². The molecule has 0 bridgehead atoms. The van der Waals surface area contributed by atoms with Gasteiger partial charge in [-0.1, -0.05) is 23.4 Å². The largest absolute Gasteiger partial charge is 0.350 e. The summed E-state index contributed by atoms with van der Waals surface area (Å²) in [5.41, 5.74) is 2.19. The lowest BCUT2D eigenvalue weighted by molar-refractivity contribution is -0.129. The zero-order chi connectivity index (χ0) is 15.5. The topological polar surface area (TPSA) is 64.2 Å². The second-order valence-corrected chi connectivity index (χ2v) is 5.37. The zero-order valence-electron chi connectivity index (χ0n) is 12.7. The Labute approximate surface area is 128 Å². The molecule has 6 heteroatoms. The number of aromatic nitrogens is 3. The Morgan fingerprint density at radius 2 is 2.18 bits per heavy atom. The summed E-state index contributed by atoms with van der Waals surface area (Å²) in [6.07, 6.45) is 4.31. The summed E-state index contributed by atoms with van der Waals surface area (Å²) in [4.78, 5) is 18.0. The standard InChI is InChI=1S/C16H18N4O2/c1-19(8-7-15-17-11-22-18-15)16(21)9-12-10-20(2)14-6-4-3-5-13(12)14/h3-6,10-11H,7-9H2,1-2H3. The monoisotopic (exact) mass is 298 g/mol. The first-order valence-electron chi connectivity index (χ1n) is 7.17. The van der Waals surface area contributed by atoms with Crippen molar-refractivity contribution in [3.05, 3.63) is 48.2 Å². The van der Waals surface area contributed by atoms with Crippen LogP contribution in [0.5, 0.6) is 0 Å². The third-order valence-corrected chi connectivity index (χ3v) is 3.82. The van der Waals surface area contributed by atoms with Gasteiger partial charge in [0.15, 0.2) is 5.82 Å². The van der Waals surface area contributed by atoms with Crippen LogP contribution in [0.3, 0.4) is 0 Å². The maximum Gasteiger partial charge on any atom is 0.226 e. The van der Waals surface area contributed by atoms with Crippen LogP contribution in [0.4, 0.5) is 0 Å². The highest BCUT2D eigenvalue weighted by Gasteiger charge is 2.14. The van der Waals surface area contributed by atoms with Crippen LogP contribution in [0.15, 0.2) is 41.4 Å². The molecule has 0 unspecified atom stereocenters. The second kappa shape index (κ2) is 6.01. The molecule has 114 valence electrons. The number of carbonyl (C=O) groups excluding carboxylic acids is 1. The third kappa shape index (κ3) is 2.86. The molecule has 2 aromatic heterocycles. The fraction of sp³-hybridized carbons (Fsp3) is 0.312. The Morgan fingerprint density at radius 1 is 1.36 bits per heavy atom. The molecular weight excluding hydrogens is 280 g/mol. The second-order valence-electron chi connectivity index (χ2n) is 5.37. The van der Waals surface area contributed by atoms with Gasteiger partial charge in [-0.3, -0.25) is 4.79 Å². The van der Waals surface area contributed by atoms with E-state index >= 15 is 0 Å². The highest BCUT2D eigenvalue weighted by molar-refractivity contribution is 5.89. The van der Waals surface area contributed by atoms with Gasteiger partial charge < -0.3 is 14.0 Å². The van der Waals surface area contributed by atoms with E-state index in [1.54, 1.807) is 11.9 Å². The SMILES string of the molecule is CN(CCc1ncon1)C(=O)Cc1cn(C)c2ccccc12. The Bertz CT molecular complexity index is 777.